The lowest BCUT2D eigenvalue weighted by Crippen LogP contribution is -2.16. The van der Waals surface area contributed by atoms with Crippen LogP contribution in [0, 0.1) is 6.92 Å². The number of hydrogen-bond donors (Lipinski definition) is 1. The van der Waals surface area contributed by atoms with Gasteiger partial charge in [-0.15, -0.1) is 0 Å². The summed E-state index contributed by atoms with van der Waals surface area (Å²) in [5, 5.41) is 0. The normalized spacial score (nSPS) is 12.2. The van der Waals surface area contributed by atoms with Crippen molar-refractivity contribution in [3.63, 3.8) is 0 Å². The number of nitrogens with two attached hydrogens (primary N) is 1. The predicted molar refractivity (Wildman–Crippen MR) is 82.1 cm³/mol. The molecule has 3 heteroatoms. The molecular formula is C17H22N2O. The molecule has 2 aromatic rings. The van der Waals surface area contributed by atoms with Crippen LogP contribution in [0.4, 0.5) is 0 Å². The van der Waals surface area contributed by atoms with Crippen molar-refractivity contribution in [1.29, 1.82) is 0 Å². The van der Waals surface area contributed by atoms with Crippen LogP contribution in [0.25, 0.3) is 0 Å². The third-order valence-electron chi connectivity index (χ3n) is 3.39. The summed E-state index contributed by atoms with van der Waals surface area (Å²) in [7, 11) is 0. The van der Waals surface area contributed by atoms with Gasteiger partial charge in [-0.1, -0.05) is 23.8 Å². The van der Waals surface area contributed by atoms with Gasteiger partial charge in [-0.2, -0.15) is 0 Å². The van der Waals surface area contributed by atoms with Crippen molar-refractivity contribution < 1.29 is 4.74 Å². The topological polar surface area (TPSA) is 48.1 Å². The molecule has 3 nitrogen and oxygen atoms in total. The molecule has 0 aliphatic carbocycles. The second-order valence-electron chi connectivity index (χ2n) is 4.97. The van der Waals surface area contributed by atoms with Crippen molar-refractivity contribution in [2.75, 3.05) is 13.2 Å². The zero-order chi connectivity index (χ0) is 14.4. The van der Waals surface area contributed by atoms with Crippen LogP contribution < -0.4 is 10.5 Å². The Morgan fingerprint density at radius 1 is 1.30 bits per heavy atom. The summed E-state index contributed by atoms with van der Waals surface area (Å²) in [6, 6.07) is 10.3. The number of ether oxygens (including phenoxy) is 1. The van der Waals surface area contributed by atoms with Crippen molar-refractivity contribution in [2.45, 2.75) is 26.2 Å². The first-order valence-electron chi connectivity index (χ1n) is 7.07. The van der Waals surface area contributed by atoms with Gasteiger partial charge in [0.05, 0.1) is 6.61 Å². The number of nitrogens with zero attached hydrogens (tertiary/aromatic N) is 1. The smallest absolute Gasteiger partial charge is 0.122 e. The molecule has 0 fully saturated rings. The van der Waals surface area contributed by atoms with E-state index in [-0.39, 0.29) is 5.92 Å². The second kappa shape index (κ2) is 7.06. The van der Waals surface area contributed by atoms with E-state index in [1.54, 1.807) is 6.20 Å². The molecule has 0 aliphatic heterocycles. The maximum Gasteiger partial charge on any atom is 0.122 e. The highest BCUT2D eigenvalue weighted by Gasteiger charge is 2.16. The van der Waals surface area contributed by atoms with Gasteiger partial charge in [0.1, 0.15) is 5.75 Å². The largest absolute Gasteiger partial charge is 0.494 e. The van der Waals surface area contributed by atoms with Gasteiger partial charge in [0.25, 0.3) is 0 Å². The van der Waals surface area contributed by atoms with Crippen LogP contribution in [-0.4, -0.2) is 18.1 Å². The molecule has 0 saturated carbocycles. The molecule has 1 heterocycles. The van der Waals surface area contributed by atoms with Crippen LogP contribution >= 0.6 is 0 Å². The van der Waals surface area contributed by atoms with Crippen LogP contribution in [0.5, 0.6) is 5.75 Å². The molecule has 1 unspecified atom stereocenters. The fourth-order valence-electron chi connectivity index (χ4n) is 2.40. The van der Waals surface area contributed by atoms with Gasteiger partial charge in [0, 0.05) is 18.3 Å². The minimum Gasteiger partial charge on any atom is -0.494 e. The van der Waals surface area contributed by atoms with Crippen molar-refractivity contribution in [3.05, 3.63) is 59.4 Å². The Bertz CT molecular complexity index is 540. The lowest BCUT2D eigenvalue weighted by Gasteiger charge is -2.19. The third-order valence-corrected chi connectivity index (χ3v) is 3.39. The Balaban J connectivity index is 2.28. The summed E-state index contributed by atoms with van der Waals surface area (Å²) in [5.41, 5.74) is 9.62. The van der Waals surface area contributed by atoms with E-state index in [4.69, 9.17) is 10.5 Å². The molecular weight excluding hydrogens is 248 g/mol. The molecule has 0 bridgehead atoms. The van der Waals surface area contributed by atoms with Gasteiger partial charge >= 0.3 is 0 Å². The Kier molecular flexibility index (Phi) is 5.13. The number of aromatic nitrogens is 1. The summed E-state index contributed by atoms with van der Waals surface area (Å²) in [6.45, 7) is 5.36. The van der Waals surface area contributed by atoms with Gasteiger partial charge < -0.3 is 10.5 Å². The maximum atomic E-state index is 5.99. The van der Waals surface area contributed by atoms with Crippen molar-refractivity contribution >= 4 is 0 Å². The van der Waals surface area contributed by atoms with Crippen molar-refractivity contribution in [1.82, 2.24) is 4.98 Å². The Labute approximate surface area is 120 Å². The molecule has 2 N–H and O–H groups in total. The standard InChI is InChI=1S/C17H22N2O/c1-3-20-17-7-6-13(2)9-16(17)15(11-18)10-14-5-4-8-19-12-14/h4-9,12,15H,3,10-11,18H2,1-2H3. The van der Waals surface area contributed by atoms with E-state index in [0.717, 1.165) is 12.2 Å². The molecule has 0 aliphatic rings. The molecule has 106 valence electrons. The first kappa shape index (κ1) is 14.5. The minimum atomic E-state index is 0.251. The molecule has 1 aromatic heterocycles. The molecule has 0 saturated heterocycles. The van der Waals surface area contributed by atoms with E-state index in [2.05, 4.69) is 30.1 Å². The maximum absolute atomic E-state index is 5.99. The van der Waals surface area contributed by atoms with E-state index in [0.29, 0.717) is 13.2 Å². The van der Waals surface area contributed by atoms with E-state index in [9.17, 15) is 0 Å². The highest BCUT2D eigenvalue weighted by molar-refractivity contribution is 5.40. The minimum absolute atomic E-state index is 0.251. The molecule has 0 radical (unpaired) electrons. The van der Waals surface area contributed by atoms with Gasteiger partial charge in [0.2, 0.25) is 0 Å². The van der Waals surface area contributed by atoms with Crippen LogP contribution in [-0.2, 0) is 6.42 Å². The lowest BCUT2D eigenvalue weighted by atomic mass is 9.91. The van der Waals surface area contributed by atoms with Crippen LogP contribution in [0.3, 0.4) is 0 Å². The quantitative estimate of drug-likeness (QED) is 0.877. The van der Waals surface area contributed by atoms with E-state index >= 15 is 0 Å². The highest BCUT2D eigenvalue weighted by atomic mass is 16.5. The SMILES string of the molecule is CCOc1ccc(C)cc1C(CN)Cc1cccnc1. The average molecular weight is 270 g/mol. The third kappa shape index (κ3) is 3.58. The Hall–Kier alpha value is -1.87. The number of hydrogen-bond acceptors (Lipinski definition) is 3. The summed E-state index contributed by atoms with van der Waals surface area (Å²) in [6.07, 6.45) is 4.58. The highest BCUT2D eigenvalue weighted by Crippen LogP contribution is 2.30. The van der Waals surface area contributed by atoms with Crippen LogP contribution in [0.1, 0.15) is 29.5 Å². The van der Waals surface area contributed by atoms with Crippen LogP contribution in [0.2, 0.25) is 0 Å². The number of benzene rings is 1. The Morgan fingerprint density at radius 2 is 2.15 bits per heavy atom. The first-order chi connectivity index (χ1) is 9.74. The van der Waals surface area contributed by atoms with Crippen molar-refractivity contribution in [2.24, 2.45) is 5.73 Å². The fraction of sp³-hybridized carbons (Fsp3) is 0.353. The van der Waals surface area contributed by atoms with Crippen molar-refractivity contribution in [3.8, 4) is 5.75 Å². The summed E-state index contributed by atoms with van der Waals surface area (Å²) >= 11 is 0. The number of aryl methyl sites for hydroxylation is 1. The van der Waals surface area contributed by atoms with Gasteiger partial charge in [0.15, 0.2) is 0 Å². The lowest BCUT2D eigenvalue weighted by molar-refractivity contribution is 0.334. The molecule has 1 atom stereocenters. The van der Waals surface area contributed by atoms with E-state index in [1.165, 1.54) is 16.7 Å². The van der Waals surface area contributed by atoms with E-state index < -0.39 is 0 Å². The van der Waals surface area contributed by atoms with Gasteiger partial charge in [-0.25, -0.2) is 0 Å². The number of pyridine rings is 1. The fourth-order valence-corrected chi connectivity index (χ4v) is 2.40. The summed E-state index contributed by atoms with van der Waals surface area (Å²) in [4.78, 5) is 4.17. The molecule has 0 spiro atoms. The zero-order valence-corrected chi connectivity index (χ0v) is 12.2. The second-order valence-corrected chi connectivity index (χ2v) is 4.97. The number of rotatable bonds is 6. The monoisotopic (exact) mass is 270 g/mol. The molecule has 0 amide bonds. The summed E-state index contributed by atoms with van der Waals surface area (Å²) < 4.78 is 5.74. The summed E-state index contributed by atoms with van der Waals surface area (Å²) in [5.74, 6) is 1.19. The average Bonchev–Trinajstić information content (AvgIpc) is 2.48. The van der Waals surface area contributed by atoms with Gasteiger partial charge in [-0.3, -0.25) is 4.98 Å². The Morgan fingerprint density at radius 3 is 2.80 bits per heavy atom. The first-order valence-corrected chi connectivity index (χ1v) is 7.07. The molecule has 1 aromatic carbocycles. The zero-order valence-electron chi connectivity index (χ0n) is 12.2. The predicted octanol–water partition coefficient (Wildman–Crippen LogP) is 3.07. The molecule has 2 rings (SSSR count). The van der Waals surface area contributed by atoms with E-state index in [1.807, 2.05) is 25.3 Å². The molecule has 20 heavy (non-hydrogen) atoms. The van der Waals surface area contributed by atoms with Crippen LogP contribution in [0.15, 0.2) is 42.7 Å². The van der Waals surface area contributed by atoms with Gasteiger partial charge in [-0.05, 0) is 50.1 Å².